The number of anilines is 1. The summed E-state index contributed by atoms with van der Waals surface area (Å²) >= 11 is 1.66. The van der Waals surface area contributed by atoms with Crippen LogP contribution in [0.1, 0.15) is 17.5 Å². The largest absolute Gasteiger partial charge is 0.340 e. The molecular formula is C18H18N2OS. The van der Waals surface area contributed by atoms with Crippen LogP contribution in [0.15, 0.2) is 60.0 Å². The minimum Gasteiger partial charge on any atom is -0.340 e. The first kappa shape index (κ1) is 13.7. The fourth-order valence-electron chi connectivity index (χ4n) is 3.16. The van der Waals surface area contributed by atoms with E-state index in [1.54, 1.807) is 11.8 Å². The van der Waals surface area contributed by atoms with Crippen LogP contribution in [0.4, 0.5) is 5.69 Å². The van der Waals surface area contributed by atoms with Gasteiger partial charge in [-0.05, 0) is 24.5 Å². The number of nitrogens with zero attached hydrogens (tertiary/aromatic N) is 2. The monoisotopic (exact) mass is 310 g/mol. The first-order valence-corrected chi connectivity index (χ1v) is 8.52. The summed E-state index contributed by atoms with van der Waals surface area (Å²) in [5.41, 5.74) is 4.45. The minimum atomic E-state index is -0.0864. The number of para-hydroxylation sites is 1. The van der Waals surface area contributed by atoms with Crippen molar-refractivity contribution in [1.82, 2.24) is 5.06 Å². The summed E-state index contributed by atoms with van der Waals surface area (Å²) in [6.45, 7) is 0.974. The molecule has 3 nitrogen and oxygen atoms in total. The maximum Gasteiger partial charge on any atom is 0.178 e. The molecule has 0 spiro atoms. The first-order chi connectivity index (χ1) is 10.8. The van der Waals surface area contributed by atoms with Crippen LogP contribution in [0.25, 0.3) is 5.70 Å². The number of fused-ring (bicyclic) bond motifs is 1. The van der Waals surface area contributed by atoms with Crippen molar-refractivity contribution in [3.8, 4) is 0 Å². The topological polar surface area (TPSA) is 26.7 Å². The second kappa shape index (κ2) is 5.71. The van der Waals surface area contributed by atoms with Gasteiger partial charge < -0.3 is 4.90 Å². The third-order valence-corrected chi connectivity index (χ3v) is 5.30. The molecule has 2 aromatic carbocycles. The van der Waals surface area contributed by atoms with Gasteiger partial charge in [0.05, 0.1) is 5.70 Å². The van der Waals surface area contributed by atoms with E-state index in [0.717, 1.165) is 30.6 Å². The Morgan fingerprint density at radius 2 is 1.77 bits per heavy atom. The molecule has 0 aromatic heterocycles. The number of benzene rings is 2. The Kier molecular flexibility index (Phi) is 3.56. The number of hydroxylamine groups is 2. The predicted octanol–water partition coefficient (Wildman–Crippen LogP) is 4.16. The highest BCUT2D eigenvalue weighted by atomic mass is 32.2. The summed E-state index contributed by atoms with van der Waals surface area (Å²) in [6, 6.07) is 18.6. The van der Waals surface area contributed by atoms with E-state index in [-0.39, 0.29) is 5.50 Å². The standard InChI is InChI=1S/C18H18N2OS/c21-20-17(15-7-2-1-3-8-15)13-22-18(20)19-12-6-10-14-9-4-5-11-16(14)19/h1-5,7-9,11,13,18,21H,6,10,12H2. The van der Waals surface area contributed by atoms with E-state index in [9.17, 15) is 5.21 Å². The fourth-order valence-corrected chi connectivity index (χ4v) is 4.25. The van der Waals surface area contributed by atoms with E-state index >= 15 is 0 Å². The molecule has 0 fully saturated rings. The Bertz CT molecular complexity index is 701. The molecular weight excluding hydrogens is 292 g/mol. The van der Waals surface area contributed by atoms with E-state index in [1.807, 2.05) is 30.3 Å². The Hall–Kier alpha value is -1.91. The van der Waals surface area contributed by atoms with Gasteiger partial charge in [0, 0.05) is 23.2 Å². The molecule has 0 amide bonds. The summed E-state index contributed by atoms with van der Waals surface area (Å²) in [7, 11) is 0. The van der Waals surface area contributed by atoms with Gasteiger partial charge in [0.25, 0.3) is 0 Å². The number of aryl methyl sites for hydroxylation is 1. The molecule has 4 rings (SSSR count). The van der Waals surface area contributed by atoms with Crippen LogP contribution in [-0.4, -0.2) is 22.3 Å². The van der Waals surface area contributed by atoms with Crippen molar-refractivity contribution in [1.29, 1.82) is 0 Å². The van der Waals surface area contributed by atoms with Crippen molar-refractivity contribution in [3.05, 3.63) is 71.1 Å². The lowest BCUT2D eigenvalue weighted by atomic mass is 10.0. The maximum atomic E-state index is 10.7. The highest BCUT2D eigenvalue weighted by Crippen LogP contribution is 2.40. The molecule has 2 aliphatic rings. The van der Waals surface area contributed by atoms with Crippen molar-refractivity contribution in [2.75, 3.05) is 11.4 Å². The molecule has 112 valence electrons. The van der Waals surface area contributed by atoms with Crippen LogP contribution in [-0.2, 0) is 6.42 Å². The molecule has 0 bridgehead atoms. The molecule has 2 aromatic rings. The van der Waals surface area contributed by atoms with Crippen LogP contribution in [0.5, 0.6) is 0 Å². The molecule has 1 N–H and O–H groups in total. The Balaban J connectivity index is 1.62. The van der Waals surface area contributed by atoms with E-state index in [0.29, 0.717) is 0 Å². The molecule has 22 heavy (non-hydrogen) atoms. The quantitative estimate of drug-likeness (QED) is 0.901. The van der Waals surface area contributed by atoms with Crippen molar-refractivity contribution >= 4 is 23.1 Å². The van der Waals surface area contributed by atoms with Crippen molar-refractivity contribution in [3.63, 3.8) is 0 Å². The average molecular weight is 310 g/mol. The van der Waals surface area contributed by atoms with Crippen molar-refractivity contribution in [2.24, 2.45) is 0 Å². The van der Waals surface area contributed by atoms with Crippen LogP contribution >= 0.6 is 11.8 Å². The fraction of sp³-hybridized carbons (Fsp3) is 0.222. The lowest BCUT2D eigenvalue weighted by Gasteiger charge is -2.38. The van der Waals surface area contributed by atoms with Crippen LogP contribution < -0.4 is 4.90 Å². The summed E-state index contributed by atoms with van der Waals surface area (Å²) in [5.74, 6) is 0. The second-order valence-corrected chi connectivity index (χ2v) is 6.53. The molecule has 0 radical (unpaired) electrons. The molecule has 1 unspecified atom stereocenters. The maximum absolute atomic E-state index is 10.7. The summed E-state index contributed by atoms with van der Waals surface area (Å²) in [6.07, 6.45) is 2.25. The van der Waals surface area contributed by atoms with Gasteiger partial charge in [0.2, 0.25) is 0 Å². The summed E-state index contributed by atoms with van der Waals surface area (Å²) in [5, 5.41) is 14.1. The van der Waals surface area contributed by atoms with E-state index < -0.39 is 0 Å². The van der Waals surface area contributed by atoms with E-state index in [1.165, 1.54) is 16.3 Å². The van der Waals surface area contributed by atoms with E-state index in [4.69, 9.17) is 0 Å². The van der Waals surface area contributed by atoms with Gasteiger partial charge in [-0.3, -0.25) is 5.21 Å². The van der Waals surface area contributed by atoms with E-state index in [2.05, 4.69) is 34.6 Å². The number of hydrogen-bond acceptors (Lipinski definition) is 4. The molecule has 0 saturated carbocycles. The molecule has 2 aliphatic heterocycles. The predicted molar refractivity (Wildman–Crippen MR) is 91.5 cm³/mol. The lowest BCUT2D eigenvalue weighted by Crippen LogP contribution is -2.44. The normalized spacial score (nSPS) is 20.8. The van der Waals surface area contributed by atoms with Gasteiger partial charge in [-0.25, -0.2) is 5.06 Å². The van der Waals surface area contributed by atoms with Crippen LogP contribution in [0, 0.1) is 0 Å². The number of hydrogen-bond donors (Lipinski definition) is 1. The number of rotatable bonds is 2. The van der Waals surface area contributed by atoms with Gasteiger partial charge in [0.1, 0.15) is 0 Å². The van der Waals surface area contributed by atoms with Gasteiger partial charge in [-0.1, -0.05) is 60.3 Å². The van der Waals surface area contributed by atoms with Crippen LogP contribution in [0.3, 0.4) is 0 Å². The summed E-state index contributed by atoms with van der Waals surface area (Å²) in [4.78, 5) is 2.30. The zero-order chi connectivity index (χ0) is 14.9. The first-order valence-electron chi connectivity index (χ1n) is 7.58. The highest BCUT2D eigenvalue weighted by Gasteiger charge is 2.33. The zero-order valence-corrected chi connectivity index (χ0v) is 13.0. The molecule has 4 heteroatoms. The minimum absolute atomic E-state index is 0.0864. The zero-order valence-electron chi connectivity index (χ0n) is 12.2. The average Bonchev–Trinajstić information content (AvgIpc) is 2.96. The molecule has 0 aliphatic carbocycles. The van der Waals surface area contributed by atoms with Crippen molar-refractivity contribution in [2.45, 2.75) is 18.3 Å². The third kappa shape index (κ3) is 2.28. The van der Waals surface area contributed by atoms with Gasteiger partial charge in [-0.2, -0.15) is 0 Å². The lowest BCUT2D eigenvalue weighted by molar-refractivity contribution is -0.0361. The van der Waals surface area contributed by atoms with Crippen LogP contribution in [0.2, 0.25) is 0 Å². The van der Waals surface area contributed by atoms with Gasteiger partial charge in [-0.15, -0.1) is 0 Å². The third-order valence-electron chi connectivity index (χ3n) is 4.24. The van der Waals surface area contributed by atoms with Crippen molar-refractivity contribution < 1.29 is 5.21 Å². The Labute approximate surface area is 134 Å². The Morgan fingerprint density at radius 3 is 2.64 bits per heavy atom. The second-order valence-electron chi connectivity index (χ2n) is 5.60. The molecule has 0 saturated heterocycles. The molecule has 1 atom stereocenters. The number of thioether (sulfide) groups is 1. The summed E-state index contributed by atoms with van der Waals surface area (Å²) < 4.78 is 0. The smallest absolute Gasteiger partial charge is 0.178 e. The highest BCUT2D eigenvalue weighted by molar-refractivity contribution is 8.03. The Morgan fingerprint density at radius 1 is 1.00 bits per heavy atom. The molecule has 2 heterocycles. The van der Waals surface area contributed by atoms with Gasteiger partial charge >= 0.3 is 0 Å². The SMILES string of the molecule is ON1C(c2ccccc2)=CSC1N1CCCc2ccccc21. The van der Waals surface area contributed by atoms with Gasteiger partial charge in [0.15, 0.2) is 5.50 Å².